The van der Waals surface area contributed by atoms with Crippen molar-refractivity contribution in [2.75, 3.05) is 14.2 Å². The summed E-state index contributed by atoms with van der Waals surface area (Å²) in [5.41, 5.74) is 0.615. The van der Waals surface area contributed by atoms with Crippen molar-refractivity contribution >= 4 is 10.4 Å². The first kappa shape index (κ1) is 11.9. The Labute approximate surface area is 88.6 Å². The summed E-state index contributed by atoms with van der Waals surface area (Å²) < 4.78 is 39.3. The molecule has 0 heterocycles. The summed E-state index contributed by atoms with van der Waals surface area (Å²) in [4.78, 5) is 0. The van der Waals surface area contributed by atoms with Crippen molar-refractivity contribution in [3.8, 4) is 5.75 Å². The monoisotopic (exact) mass is 233 g/mol. The molecule has 0 N–H and O–H groups in total. The zero-order valence-corrected chi connectivity index (χ0v) is 9.29. The number of rotatable bonds is 4. The van der Waals surface area contributed by atoms with Gasteiger partial charge in [0.05, 0.1) is 7.11 Å². The molecule has 0 saturated heterocycles. The maximum Gasteiger partial charge on any atom is 0.374 e. The van der Waals surface area contributed by atoms with Gasteiger partial charge < -0.3 is 4.74 Å². The van der Waals surface area contributed by atoms with E-state index in [-0.39, 0.29) is 6.54 Å². The van der Waals surface area contributed by atoms with Gasteiger partial charge in [0, 0.05) is 19.2 Å². The van der Waals surface area contributed by atoms with Crippen molar-refractivity contribution in [1.29, 1.82) is 0 Å². The van der Waals surface area contributed by atoms with Crippen molar-refractivity contribution in [3.63, 3.8) is 0 Å². The maximum atomic E-state index is 12.6. The van der Waals surface area contributed by atoms with E-state index in [4.69, 9.17) is 4.74 Å². The second kappa shape index (κ2) is 4.59. The minimum absolute atomic E-state index is 0.0527. The molecule has 15 heavy (non-hydrogen) atoms. The van der Waals surface area contributed by atoms with Crippen LogP contribution < -0.4 is 4.74 Å². The van der Waals surface area contributed by atoms with E-state index in [1.807, 2.05) is 0 Å². The molecule has 0 saturated carbocycles. The molecule has 1 rings (SSSR count). The smallest absolute Gasteiger partial charge is 0.374 e. The lowest BCUT2D eigenvalue weighted by Crippen LogP contribution is -2.22. The highest BCUT2D eigenvalue weighted by molar-refractivity contribution is 7.83. The molecule has 6 heteroatoms. The van der Waals surface area contributed by atoms with Crippen molar-refractivity contribution < 1.29 is 17.0 Å². The molecule has 0 radical (unpaired) electrons. The Kier molecular flexibility index (Phi) is 3.65. The summed E-state index contributed by atoms with van der Waals surface area (Å²) in [6, 6.07) is 6.86. The molecule has 1 aromatic carbocycles. The van der Waals surface area contributed by atoms with E-state index in [2.05, 4.69) is 0 Å². The highest BCUT2D eigenvalue weighted by Gasteiger charge is 2.17. The molecule has 0 aromatic heterocycles. The lowest BCUT2D eigenvalue weighted by molar-refractivity contribution is 0.391. The number of hydrogen-bond donors (Lipinski definition) is 0. The summed E-state index contributed by atoms with van der Waals surface area (Å²) in [7, 11) is -2.00. The van der Waals surface area contributed by atoms with E-state index >= 15 is 0 Å². The third-order valence-electron chi connectivity index (χ3n) is 1.96. The molecular formula is C9H12FNO3S. The Hall–Kier alpha value is -1.14. The average Bonchev–Trinajstić information content (AvgIpc) is 2.17. The number of halogens is 1. The largest absolute Gasteiger partial charge is 0.496 e. The van der Waals surface area contributed by atoms with Crippen LogP contribution in [0.1, 0.15) is 5.56 Å². The van der Waals surface area contributed by atoms with E-state index in [9.17, 15) is 12.3 Å². The van der Waals surface area contributed by atoms with Gasteiger partial charge in [-0.05, 0) is 6.07 Å². The van der Waals surface area contributed by atoms with Crippen LogP contribution in [0.2, 0.25) is 0 Å². The molecule has 0 atom stereocenters. The van der Waals surface area contributed by atoms with Crippen molar-refractivity contribution in [2.45, 2.75) is 6.54 Å². The first-order valence-corrected chi connectivity index (χ1v) is 5.57. The van der Waals surface area contributed by atoms with Gasteiger partial charge in [-0.25, -0.2) is 0 Å². The van der Waals surface area contributed by atoms with Crippen LogP contribution in [0.5, 0.6) is 5.75 Å². The van der Waals surface area contributed by atoms with Gasteiger partial charge in [-0.15, -0.1) is 0 Å². The number of para-hydroxylation sites is 1. The molecule has 84 valence electrons. The lowest BCUT2D eigenvalue weighted by atomic mass is 10.2. The summed E-state index contributed by atoms with van der Waals surface area (Å²) in [6.07, 6.45) is 0. The average molecular weight is 233 g/mol. The van der Waals surface area contributed by atoms with E-state index < -0.39 is 10.4 Å². The van der Waals surface area contributed by atoms with Crippen LogP contribution in [0.4, 0.5) is 3.89 Å². The maximum absolute atomic E-state index is 12.6. The van der Waals surface area contributed by atoms with Gasteiger partial charge in [-0.2, -0.15) is 12.7 Å². The molecule has 0 fully saturated rings. The predicted molar refractivity (Wildman–Crippen MR) is 54.5 cm³/mol. The standard InChI is InChI=1S/C9H12FNO3S/c1-11(15(10,12)13)7-8-5-3-4-6-9(8)14-2/h3-6H,7H2,1-2H3. The molecule has 0 bridgehead atoms. The highest BCUT2D eigenvalue weighted by Crippen LogP contribution is 2.19. The van der Waals surface area contributed by atoms with Crippen LogP contribution in [-0.4, -0.2) is 26.9 Å². The molecule has 0 aliphatic rings. The van der Waals surface area contributed by atoms with E-state index in [0.29, 0.717) is 15.6 Å². The molecule has 0 spiro atoms. The predicted octanol–water partition coefficient (Wildman–Crippen LogP) is 1.34. The lowest BCUT2D eigenvalue weighted by Gasteiger charge is -2.13. The van der Waals surface area contributed by atoms with Crippen LogP contribution >= 0.6 is 0 Å². The van der Waals surface area contributed by atoms with Crippen molar-refractivity contribution in [2.24, 2.45) is 0 Å². The Morgan fingerprint density at radius 1 is 1.40 bits per heavy atom. The molecule has 0 aliphatic carbocycles. The highest BCUT2D eigenvalue weighted by atomic mass is 32.3. The molecule has 4 nitrogen and oxygen atoms in total. The van der Waals surface area contributed by atoms with Crippen LogP contribution in [-0.2, 0) is 17.0 Å². The van der Waals surface area contributed by atoms with Crippen LogP contribution in [0.25, 0.3) is 0 Å². The quantitative estimate of drug-likeness (QED) is 0.737. The first-order chi connectivity index (χ1) is 6.95. The van der Waals surface area contributed by atoms with Gasteiger partial charge >= 0.3 is 10.4 Å². The van der Waals surface area contributed by atoms with Gasteiger partial charge in [-0.3, -0.25) is 0 Å². The molecule has 1 aromatic rings. The third kappa shape index (κ3) is 3.17. The summed E-state index contributed by atoms with van der Waals surface area (Å²) >= 11 is 0. The Morgan fingerprint density at radius 3 is 2.53 bits per heavy atom. The van der Waals surface area contributed by atoms with Gasteiger partial charge in [0.1, 0.15) is 5.75 Å². The second-order valence-corrected chi connectivity index (χ2v) is 4.46. The molecule has 0 aliphatic heterocycles. The third-order valence-corrected chi connectivity index (χ3v) is 2.83. The Balaban J connectivity index is 2.90. The van der Waals surface area contributed by atoms with E-state index in [0.717, 1.165) is 0 Å². The Morgan fingerprint density at radius 2 is 2.00 bits per heavy atom. The number of benzene rings is 1. The first-order valence-electron chi connectivity index (χ1n) is 4.23. The molecule has 0 unspecified atom stereocenters. The normalized spacial score (nSPS) is 11.7. The number of methoxy groups -OCH3 is 1. The number of nitrogens with zero attached hydrogens (tertiary/aromatic N) is 1. The minimum Gasteiger partial charge on any atom is -0.496 e. The van der Waals surface area contributed by atoms with Gasteiger partial charge in [-0.1, -0.05) is 22.1 Å². The van der Waals surface area contributed by atoms with E-state index in [1.165, 1.54) is 14.2 Å². The van der Waals surface area contributed by atoms with Gasteiger partial charge in [0.15, 0.2) is 0 Å². The SMILES string of the molecule is COc1ccccc1CN(C)S(=O)(=O)F. The summed E-state index contributed by atoms with van der Waals surface area (Å²) in [5.74, 6) is 0.535. The molecule has 0 amide bonds. The molecular weight excluding hydrogens is 221 g/mol. The van der Waals surface area contributed by atoms with Gasteiger partial charge in [0.2, 0.25) is 0 Å². The fraction of sp³-hybridized carbons (Fsp3) is 0.333. The number of ether oxygens (including phenoxy) is 1. The summed E-state index contributed by atoms with van der Waals surface area (Å²) in [6.45, 7) is -0.0527. The van der Waals surface area contributed by atoms with Crippen molar-refractivity contribution in [3.05, 3.63) is 29.8 Å². The van der Waals surface area contributed by atoms with Crippen LogP contribution in [0.15, 0.2) is 24.3 Å². The van der Waals surface area contributed by atoms with Crippen LogP contribution in [0.3, 0.4) is 0 Å². The zero-order valence-electron chi connectivity index (χ0n) is 8.47. The van der Waals surface area contributed by atoms with Crippen LogP contribution in [0, 0.1) is 0 Å². The Bertz CT molecular complexity index is 433. The van der Waals surface area contributed by atoms with Crippen molar-refractivity contribution in [1.82, 2.24) is 4.31 Å². The fourth-order valence-corrected chi connectivity index (χ4v) is 1.44. The number of hydrogen-bond acceptors (Lipinski definition) is 3. The second-order valence-electron chi connectivity index (χ2n) is 3.01. The van der Waals surface area contributed by atoms with E-state index in [1.54, 1.807) is 24.3 Å². The topological polar surface area (TPSA) is 46.6 Å². The summed E-state index contributed by atoms with van der Waals surface area (Å²) in [5, 5.41) is 0. The minimum atomic E-state index is -4.65. The zero-order chi connectivity index (χ0) is 11.5. The fourth-order valence-electron chi connectivity index (χ4n) is 1.15. The van der Waals surface area contributed by atoms with Gasteiger partial charge in [0.25, 0.3) is 0 Å².